The zero-order chi connectivity index (χ0) is 35.8. The standard InChI is InChI=1S/C39H44F2N4O5/c1-25(27-11-6-4-7-12-27)45(2)38(49)28-20-34(43-36(47)21-28)37(48)44-33(19-26-17-30(40)23-31(41)18-26)35(46)24-42-39(15-8-5-9-16-39)29-13-10-14-32(22-29)50-3/h4,6-7,10-14,17-18,20-23,25,33,35,42,46H,5,8-9,15-16,19,24H2,1-3H3,(H,43,47)(H,44,48)/t25-,33+,35-/m1/s1. The first-order valence-corrected chi connectivity index (χ1v) is 16.9. The quantitative estimate of drug-likeness (QED) is 0.144. The summed E-state index contributed by atoms with van der Waals surface area (Å²) in [6.45, 7) is 1.90. The minimum absolute atomic E-state index is 0.00711. The average molecular weight is 687 g/mol. The highest BCUT2D eigenvalue weighted by Gasteiger charge is 2.35. The van der Waals surface area contributed by atoms with E-state index < -0.39 is 46.7 Å². The van der Waals surface area contributed by atoms with Gasteiger partial charge in [-0.15, -0.1) is 0 Å². The van der Waals surface area contributed by atoms with E-state index in [4.69, 9.17) is 4.74 Å². The number of nitrogens with zero attached hydrogens (tertiary/aromatic N) is 1. The summed E-state index contributed by atoms with van der Waals surface area (Å²) in [4.78, 5) is 43.8. The third-order valence-corrected chi connectivity index (χ3v) is 9.66. The fraction of sp³-hybridized carbons (Fsp3) is 0.359. The van der Waals surface area contributed by atoms with Crippen molar-refractivity contribution in [2.24, 2.45) is 0 Å². The molecule has 0 aliphatic heterocycles. The second-order valence-electron chi connectivity index (χ2n) is 13.0. The molecule has 0 radical (unpaired) electrons. The van der Waals surface area contributed by atoms with Crippen molar-refractivity contribution in [2.75, 3.05) is 20.7 Å². The molecule has 4 N–H and O–H groups in total. The summed E-state index contributed by atoms with van der Waals surface area (Å²) >= 11 is 0. The number of carbonyl (C=O) groups excluding carboxylic acids is 2. The van der Waals surface area contributed by atoms with Crippen molar-refractivity contribution in [1.29, 1.82) is 0 Å². The number of hydrogen-bond donors (Lipinski definition) is 4. The van der Waals surface area contributed by atoms with Crippen LogP contribution in [0.4, 0.5) is 8.78 Å². The van der Waals surface area contributed by atoms with Crippen LogP contribution in [-0.2, 0) is 12.0 Å². The number of aliphatic hydroxyl groups is 1. The van der Waals surface area contributed by atoms with Gasteiger partial charge in [0.25, 0.3) is 11.8 Å². The zero-order valence-corrected chi connectivity index (χ0v) is 28.5. The van der Waals surface area contributed by atoms with Crippen LogP contribution in [0.1, 0.15) is 82.6 Å². The minimum atomic E-state index is -1.22. The molecule has 0 spiro atoms. The maximum Gasteiger partial charge on any atom is 0.268 e. The van der Waals surface area contributed by atoms with Crippen molar-refractivity contribution in [2.45, 2.75) is 69.2 Å². The lowest BCUT2D eigenvalue weighted by Gasteiger charge is -2.40. The van der Waals surface area contributed by atoms with E-state index in [0.29, 0.717) is 5.75 Å². The number of aliphatic hydroxyl groups excluding tert-OH is 1. The Hall–Kier alpha value is -4.87. The van der Waals surface area contributed by atoms with Gasteiger partial charge >= 0.3 is 0 Å². The van der Waals surface area contributed by atoms with Gasteiger partial charge in [0.2, 0.25) is 5.56 Å². The normalized spacial score (nSPS) is 15.8. The van der Waals surface area contributed by atoms with Crippen molar-refractivity contribution >= 4 is 11.8 Å². The number of halogens is 2. The van der Waals surface area contributed by atoms with E-state index in [-0.39, 0.29) is 35.8 Å². The van der Waals surface area contributed by atoms with Gasteiger partial charge in [-0.05, 0) is 73.2 Å². The molecule has 11 heteroatoms. The molecular weight excluding hydrogens is 642 g/mol. The van der Waals surface area contributed by atoms with E-state index in [1.807, 2.05) is 61.5 Å². The van der Waals surface area contributed by atoms with Gasteiger partial charge in [0, 0.05) is 36.8 Å². The Morgan fingerprint density at radius 3 is 2.34 bits per heavy atom. The summed E-state index contributed by atoms with van der Waals surface area (Å²) in [5, 5.41) is 17.9. The molecule has 2 amide bonds. The number of hydrogen-bond acceptors (Lipinski definition) is 6. The van der Waals surface area contributed by atoms with E-state index in [1.165, 1.54) is 11.0 Å². The van der Waals surface area contributed by atoms with Crippen LogP contribution in [-0.4, -0.2) is 59.7 Å². The van der Waals surface area contributed by atoms with Crippen LogP contribution < -0.4 is 20.9 Å². The zero-order valence-electron chi connectivity index (χ0n) is 28.5. The summed E-state index contributed by atoms with van der Waals surface area (Å²) in [5.74, 6) is -2.10. The van der Waals surface area contributed by atoms with Crippen LogP contribution in [0.3, 0.4) is 0 Å². The number of benzene rings is 3. The van der Waals surface area contributed by atoms with Gasteiger partial charge in [-0.1, -0.05) is 61.7 Å². The predicted octanol–water partition coefficient (Wildman–Crippen LogP) is 5.65. The average Bonchev–Trinajstić information content (AvgIpc) is 3.12. The second kappa shape index (κ2) is 16.2. The predicted molar refractivity (Wildman–Crippen MR) is 187 cm³/mol. The van der Waals surface area contributed by atoms with Crippen molar-refractivity contribution < 1.29 is 28.2 Å². The lowest BCUT2D eigenvalue weighted by atomic mass is 9.76. The van der Waals surface area contributed by atoms with E-state index >= 15 is 0 Å². The summed E-state index contributed by atoms with van der Waals surface area (Å²) in [6.07, 6.45) is 3.34. The van der Waals surface area contributed by atoms with Gasteiger partial charge < -0.3 is 30.4 Å². The maximum absolute atomic E-state index is 14.2. The minimum Gasteiger partial charge on any atom is -0.497 e. The fourth-order valence-electron chi connectivity index (χ4n) is 6.72. The van der Waals surface area contributed by atoms with Crippen LogP contribution in [0, 0.1) is 11.6 Å². The molecule has 1 fully saturated rings. The third kappa shape index (κ3) is 8.83. The van der Waals surface area contributed by atoms with Crippen molar-refractivity contribution in [3.05, 3.63) is 135 Å². The van der Waals surface area contributed by atoms with E-state index in [9.17, 15) is 28.3 Å². The molecule has 9 nitrogen and oxygen atoms in total. The monoisotopic (exact) mass is 686 g/mol. The van der Waals surface area contributed by atoms with Gasteiger partial charge in [0.1, 0.15) is 23.1 Å². The number of methoxy groups -OCH3 is 1. The lowest BCUT2D eigenvalue weighted by molar-refractivity contribution is 0.0742. The Kier molecular flexibility index (Phi) is 11.8. The van der Waals surface area contributed by atoms with Gasteiger partial charge in [-0.3, -0.25) is 14.4 Å². The smallest absolute Gasteiger partial charge is 0.268 e. The third-order valence-electron chi connectivity index (χ3n) is 9.66. The van der Waals surface area contributed by atoms with E-state index in [1.54, 1.807) is 14.2 Å². The van der Waals surface area contributed by atoms with E-state index in [2.05, 4.69) is 15.6 Å². The maximum atomic E-state index is 14.2. The molecule has 1 heterocycles. The van der Waals surface area contributed by atoms with Crippen LogP contribution in [0.25, 0.3) is 0 Å². The molecular formula is C39H44F2N4O5. The largest absolute Gasteiger partial charge is 0.497 e. The van der Waals surface area contributed by atoms with Crippen molar-refractivity contribution in [1.82, 2.24) is 20.5 Å². The first kappa shape index (κ1) is 36.4. The molecule has 0 bridgehead atoms. The van der Waals surface area contributed by atoms with Crippen molar-refractivity contribution in [3.63, 3.8) is 0 Å². The lowest BCUT2D eigenvalue weighted by Crippen LogP contribution is -2.53. The van der Waals surface area contributed by atoms with Crippen molar-refractivity contribution in [3.8, 4) is 5.75 Å². The summed E-state index contributed by atoms with van der Waals surface area (Å²) in [7, 11) is 3.22. The van der Waals surface area contributed by atoms with Crippen LogP contribution >= 0.6 is 0 Å². The SMILES string of the molecule is COc1cccc(C2(NC[C@@H](O)[C@H](Cc3cc(F)cc(F)c3)NC(=O)c3cc(C(=O)N(C)[C@H](C)c4ccccc4)cc(=O)[nH]3)CCCCC2)c1. The van der Waals surface area contributed by atoms with E-state index in [0.717, 1.165) is 67.5 Å². The molecule has 3 atom stereocenters. The molecule has 50 heavy (non-hydrogen) atoms. The fourth-order valence-corrected chi connectivity index (χ4v) is 6.72. The Morgan fingerprint density at radius 1 is 0.960 bits per heavy atom. The number of amides is 2. The summed E-state index contributed by atoms with van der Waals surface area (Å²) in [5.41, 5.74) is 0.820. The molecule has 4 aromatic rings. The first-order valence-electron chi connectivity index (χ1n) is 16.9. The number of carbonyl (C=O) groups is 2. The molecule has 3 aromatic carbocycles. The van der Waals surface area contributed by atoms with Crippen LogP contribution in [0.5, 0.6) is 5.75 Å². The molecule has 1 aromatic heterocycles. The Labute approximate surface area is 290 Å². The molecule has 0 unspecified atom stereocenters. The Bertz CT molecular complexity index is 1820. The summed E-state index contributed by atoms with van der Waals surface area (Å²) < 4.78 is 33.9. The molecule has 1 aliphatic carbocycles. The van der Waals surface area contributed by atoms with Gasteiger partial charge in [0.05, 0.1) is 25.3 Å². The second-order valence-corrected chi connectivity index (χ2v) is 13.0. The highest BCUT2D eigenvalue weighted by molar-refractivity contribution is 5.98. The number of pyridine rings is 1. The number of aromatic nitrogens is 1. The number of nitrogens with one attached hydrogen (secondary N) is 3. The Morgan fingerprint density at radius 2 is 1.66 bits per heavy atom. The first-order chi connectivity index (χ1) is 24.0. The number of H-pyrrole nitrogens is 1. The molecule has 0 saturated heterocycles. The highest BCUT2D eigenvalue weighted by Crippen LogP contribution is 2.38. The number of ether oxygens (including phenoxy) is 1. The summed E-state index contributed by atoms with van der Waals surface area (Å²) in [6, 6.07) is 21.3. The van der Waals surface area contributed by atoms with Gasteiger partial charge in [-0.25, -0.2) is 8.78 Å². The molecule has 5 rings (SSSR count). The molecule has 264 valence electrons. The Balaban J connectivity index is 1.39. The topological polar surface area (TPSA) is 124 Å². The van der Waals surface area contributed by atoms with Gasteiger partial charge in [0.15, 0.2) is 0 Å². The molecule has 1 aliphatic rings. The highest BCUT2D eigenvalue weighted by atomic mass is 19.1. The van der Waals surface area contributed by atoms with Gasteiger partial charge in [-0.2, -0.15) is 0 Å². The number of rotatable bonds is 13. The van der Waals surface area contributed by atoms with Crippen LogP contribution in [0.15, 0.2) is 89.7 Å². The van der Waals surface area contributed by atoms with Crippen LogP contribution in [0.2, 0.25) is 0 Å². The number of aromatic amines is 1. The molecule has 1 saturated carbocycles.